The van der Waals surface area contributed by atoms with Crippen molar-refractivity contribution in [2.45, 2.75) is 50.0 Å². The second-order valence-electron chi connectivity index (χ2n) is 8.45. The first-order valence-electron chi connectivity index (χ1n) is 11.2. The minimum atomic E-state index is -0.107. The van der Waals surface area contributed by atoms with Gasteiger partial charge >= 0.3 is 0 Å². The molecule has 1 N–H and O–H groups in total. The van der Waals surface area contributed by atoms with E-state index in [1.807, 2.05) is 48.3 Å². The number of nitrogens with zero attached hydrogens (tertiary/aromatic N) is 3. The number of carbonyl (C=O) groups excluding carboxylic acids is 2. The van der Waals surface area contributed by atoms with Gasteiger partial charge in [0.15, 0.2) is 5.17 Å². The van der Waals surface area contributed by atoms with E-state index in [1.165, 1.54) is 30.0 Å². The molecule has 0 aromatic heterocycles. The van der Waals surface area contributed by atoms with Gasteiger partial charge in [0.1, 0.15) is 4.91 Å². The van der Waals surface area contributed by atoms with Crippen LogP contribution in [0.1, 0.15) is 39.0 Å². The first kappa shape index (κ1) is 22.1. The molecular weight excluding hydrogens is 452 g/mol. The number of amides is 2. The fourth-order valence-corrected chi connectivity index (χ4v) is 6.89. The fraction of sp³-hybridized carbons (Fsp3) is 0.320. The zero-order chi connectivity index (χ0) is 22.9. The standard InChI is InChI=1S/C25H26N4O2S2/c1-16(30)26-17-12-14-18(15-13-17)27-25-29(19-8-4-3-5-9-19)23(31)22(33-25)24-28(2)20-10-6-7-11-21(20)32-24/h6-7,10-15,19H,3-5,8-9H2,1-2H3,(H,26,30). The number of rotatable bonds is 3. The number of fused-ring (bicyclic) bond motifs is 1. The summed E-state index contributed by atoms with van der Waals surface area (Å²) in [6, 6.07) is 15.9. The Balaban J connectivity index is 1.50. The third kappa shape index (κ3) is 4.42. The van der Waals surface area contributed by atoms with Crippen LogP contribution in [0.15, 0.2) is 68.4 Å². The van der Waals surface area contributed by atoms with Crippen molar-refractivity contribution < 1.29 is 9.59 Å². The van der Waals surface area contributed by atoms with Crippen molar-refractivity contribution in [2.24, 2.45) is 4.99 Å². The van der Waals surface area contributed by atoms with E-state index in [2.05, 4.69) is 22.3 Å². The van der Waals surface area contributed by atoms with Gasteiger partial charge < -0.3 is 10.2 Å². The van der Waals surface area contributed by atoms with Gasteiger partial charge in [-0.25, -0.2) is 4.99 Å². The molecule has 2 aliphatic heterocycles. The van der Waals surface area contributed by atoms with Crippen molar-refractivity contribution in [1.82, 2.24) is 4.90 Å². The van der Waals surface area contributed by atoms with Gasteiger partial charge in [-0.15, -0.1) is 0 Å². The molecule has 2 fully saturated rings. The fourth-order valence-electron chi connectivity index (χ4n) is 4.49. The van der Waals surface area contributed by atoms with Crippen LogP contribution in [-0.2, 0) is 9.59 Å². The molecule has 6 nitrogen and oxygen atoms in total. The van der Waals surface area contributed by atoms with Crippen molar-refractivity contribution >= 4 is 57.6 Å². The second-order valence-corrected chi connectivity index (χ2v) is 10.5. The van der Waals surface area contributed by atoms with E-state index < -0.39 is 0 Å². The summed E-state index contributed by atoms with van der Waals surface area (Å²) in [7, 11) is 2.02. The van der Waals surface area contributed by atoms with Crippen molar-refractivity contribution in [1.29, 1.82) is 0 Å². The van der Waals surface area contributed by atoms with Crippen molar-refractivity contribution in [3.8, 4) is 0 Å². The number of hydrogen-bond acceptors (Lipinski definition) is 6. The summed E-state index contributed by atoms with van der Waals surface area (Å²) in [4.78, 5) is 35.9. The van der Waals surface area contributed by atoms with Gasteiger partial charge in [-0.2, -0.15) is 0 Å². The van der Waals surface area contributed by atoms with E-state index in [-0.39, 0.29) is 17.9 Å². The van der Waals surface area contributed by atoms with E-state index in [1.54, 1.807) is 11.8 Å². The third-order valence-corrected chi connectivity index (χ3v) is 8.51. The number of thioether (sulfide) groups is 2. The molecule has 0 bridgehead atoms. The second kappa shape index (κ2) is 9.27. The molecule has 33 heavy (non-hydrogen) atoms. The molecule has 0 spiro atoms. The van der Waals surface area contributed by atoms with Crippen LogP contribution in [0, 0.1) is 0 Å². The maximum Gasteiger partial charge on any atom is 0.269 e. The van der Waals surface area contributed by atoms with Crippen molar-refractivity contribution in [2.75, 3.05) is 17.3 Å². The van der Waals surface area contributed by atoms with Crippen LogP contribution in [0.25, 0.3) is 0 Å². The molecule has 0 atom stereocenters. The molecule has 1 aliphatic carbocycles. The van der Waals surface area contributed by atoms with E-state index in [0.717, 1.165) is 57.8 Å². The van der Waals surface area contributed by atoms with Crippen LogP contribution in [0.3, 0.4) is 0 Å². The molecule has 2 heterocycles. The highest BCUT2D eigenvalue weighted by Crippen LogP contribution is 2.50. The van der Waals surface area contributed by atoms with E-state index in [0.29, 0.717) is 0 Å². The Morgan fingerprint density at radius 3 is 2.45 bits per heavy atom. The first-order chi connectivity index (χ1) is 16.0. The monoisotopic (exact) mass is 478 g/mol. The molecule has 8 heteroatoms. The summed E-state index contributed by atoms with van der Waals surface area (Å²) in [5.74, 6) is -0.0485. The van der Waals surface area contributed by atoms with Gasteiger partial charge in [-0.3, -0.25) is 14.5 Å². The number of hydrogen-bond donors (Lipinski definition) is 1. The summed E-state index contributed by atoms with van der Waals surface area (Å²) < 4.78 is 0. The molecule has 1 saturated carbocycles. The smallest absolute Gasteiger partial charge is 0.269 e. The Kier molecular flexibility index (Phi) is 6.21. The van der Waals surface area contributed by atoms with Crippen LogP contribution in [0.5, 0.6) is 0 Å². The predicted molar refractivity (Wildman–Crippen MR) is 137 cm³/mol. The SMILES string of the molecule is CC(=O)Nc1ccc(N=C2SC(=C3Sc4ccccc4N3C)C(=O)N2C2CCCCC2)cc1. The van der Waals surface area contributed by atoms with Crippen LogP contribution < -0.4 is 10.2 Å². The van der Waals surface area contributed by atoms with Crippen LogP contribution in [0.2, 0.25) is 0 Å². The van der Waals surface area contributed by atoms with Gasteiger partial charge in [-0.05, 0) is 61.0 Å². The molecule has 1 saturated heterocycles. The Morgan fingerprint density at radius 2 is 1.76 bits per heavy atom. The Hall–Kier alpha value is -2.71. The average molecular weight is 479 g/mol. The quantitative estimate of drug-likeness (QED) is 0.552. The van der Waals surface area contributed by atoms with Crippen LogP contribution in [-0.4, -0.2) is 35.0 Å². The lowest BCUT2D eigenvalue weighted by Gasteiger charge is -2.30. The molecule has 0 unspecified atom stereocenters. The highest BCUT2D eigenvalue weighted by atomic mass is 32.2. The number of carbonyl (C=O) groups is 2. The summed E-state index contributed by atoms with van der Waals surface area (Å²) in [5, 5.41) is 4.49. The number of benzene rings is 2. The molecule has 5 rings (SSSR count). The minimum Gasteiger partial charge on any atom is -0.337 e. The van der Waals surface area contributed by atoms with Crippen LogP contribution in [0.4, 0.5) is 17.1 Å². The largest absolute Gasteiger partial charge is 0.337 e. The van der Waals surface area contributed by atoms with Gasteiger partial charge in [0, 0.05) is 30.6 Å². The molecule has 3 aliphatic rings. The topological polar surface area (TPSA) is 65.0 Å². The molecular formula is C25H26N4O2S2. The van der Waals surface area contributed by atoms with Gasteiger partial charge in [0.25, 0.3) is 5.91 Å². The average Bonchev–Trinajstić information content (AvgIpc) is 3.32. The lowest BCUT2D eigenvalue weighted by Crippen LogP contribution is -2.40. The summed E-state index contributed by atoms with van der Waals surface area (Å²) >= 11 is 3.13. The summed E-state index contributed by atoms with van der Waals surface area (Å²) in [6.45, 7) is 1.49. The van der Waals surface area contributed by atoms with E-state index >= 15 is 0 Å². The Labute approximate surface area is 202 Å². The molecule has 2 amide bonds. The minimum absolute atomic E-state index is 0.0580. The lowest BCUT2D eigenvalue weighted by atomic mass is 9.94. The number of nitrogens with one attached hydrogen (secondary N) is 1. The highest BCUT2D eigenvalue weighted by Gasteiger charge is 2.42. The van der Waals surface area contributed by atoms with Crippen molar-refractivity contribution in [3.63, 3.8) is 0 Å². The normalized spacial score (nSPS) is 22.2. The first-order valence-corrected chi connectivity index (χ1v) is 12.9. The number of aliphatic imine (C=N–C) groups is 1. The Morgan fingerprint density at radius 1 is 1.03 bits per heavy atom. The summed E-state index contributed by atoms with van der Waals surface area (Å²) in [5.41, 5.74) is 2.62. The lowest BCUT2D eigenvalue weighted by molar-refractivity contribution is -0.124. The van der Waals surface area contributed by atoms with Crippen LogP contribution >= 0.6 is 23.5 Å². The van der Waals surface area contributed by atoms with Gasteiger partial charge in [-0.1, -0.05) is 43.2 Å². The maximum absolute atomic E-state index is 13.7. The zero-order valence-electron chi connectivity index (χ0n) is 18.7. The van der Waals surface area contributed by atoms with Gasteiger partial charge in [0.05, 0.1) is 16.4 Å². The van der Waals surface area contributed by atoms with E-state index in [9.17, 15) is 9.59 Å². The van der Waals surface area contributed by atoms with Gasteiger partial charge in [0.2, 0.25) is 5.91 Å². The molecule has 2 aromatic carbocycles. The molecule has 2 aromatic rings. The zero-order valence-corrected chi connectivity index (χ0v) is 20.3. The van der Waals surface area contributed by atoms with Crippen molar-refractivity contribution in [3.05, 3.63) is 58.5 Å². The molecule has 0 radical (unpaired) electrons. The highest BCUT2D eigenvalue weighted by molar-refractivity contribution is 8.19. The third-order valence-electron chi connectivity index (χ3n) is 6.10. The maximum atomic E-state index is 13.7. The molecule has 170 valence electrons. The summed E-state index contributed by atoms with van der Waals surface area (Å²) in [6.07, 6.45) is 5.54. The number of anilines is 2. The van der Waals surface area contributed by atoms with E-state index in [4.69, 9.17) is 4.99 Å². The number of amidine groups is 1. The predicted octanol–water partition coefficient (Wildman–Crippen LogP) is 5.95. The Bertz CT molecular complexity index is 1150. The number of para-hydroxylation sites is 1.